The Bertz CT molecular complexity index is 630. The molecule has 0 saturated heterocycles. The summed E-state index contributed by atoms with van der Waals surface area (Å²) in [5.41, 5.74) is -0.508. The number of hydrogen-bond donors (Lipinski definition) is 2. The molecule has 1 atom stereocenters. The van der Waals surface area contributed by atoms with E-state index in [1.807, 2.05) is 0 Å². The number of hydrogen-bond acceptors (Lipinski definition) is 6. The van der Waals surface area contributed by atoms with Crippen molar-refractivity contribution in [3.05, 3.63) is 47.8 Å². The molecule has 0 aromatic carbocycles. The molecule has 0 saturated carbocycles. The maximum absolute atomic E-state index is 11.9. The highest BCUT2D eigenvalue weighted by Gasteiger charge is 2.39. The lowest BCUT2D eigenvalue weighted by Gasteiger charge is -2.04. The zero-order valence-corrected chi connectivity index (χ0v) is 18.1. The van der Waals surface area contributed by atoms with Crippen LogP contribution in [0.4, 0.5) is 0 Å². The van der Waals surface area contributed by atoms with E-state index in [0.717, 1.165) is 44.9 Å². The Morgan fingerprint density at radius 3 is 2.20 bits per heavy atom. The SMILES string of the molecule is CC/C=C\C/C=C\C/C=C\CCCCCCCCOC(=O)C1=C(O)[C@@H](CO)OC1=O. The first-order valence-electron chi connectivity index (χ1n) is 11.0. The van der Waals surface area contributed by atoms with Crippen LogP contribution in [0.2, 0.25) is 0 Å². The van der Waals surface area contributed by atoms with Gasteiger partial charge in [0.15, 0.2) is 17.4 Å². The molecule has 0 fully saturated rings. The predicted molar refractivity (Wildman–Crippen MR) is 117 cm³/mol. The molecule has 0 unspecified atom stereocenters. The van der Waals surface area contributed by atoms with Gasteiger partial charge in [0, 0.05) is 0 Å². The van der Waals surface area contributed by atoms with Gasteiger partial charge in [-0.25, -0.2) is 9.59 Å². The van der Waals surface area contributed by atoms with Gasteiger partial charge in [0.1, 0.15) is 0 Å². The van der Waals surface area contributed by atoms with Gasteiger partial charge >= 0.3 is 11.9 Å². The Hall–Kier alpha value is -2.34. The summed E-state index contributed by atoms with van der Waals surface area (Å²) in [6.45, 7) is 1.76. The summed E-state index contributed by atoms with van der Waals surface area (Å²) in [6.07, 6.45) is 22.4. The third-order valence-electron chi connectivity index (χ3n) is 4.66. The molecule has 0 aromatic heterocycles. The first kappa shape index (κ1) is 25.7. The van der Waals surface area contributed by atoms with E-state index < -0.39 is 36.0 Å². The number of esters is 2. The summed E-state index contributed by atoms with van der Waals surface area (Å²) >= 11 is 0. The Labute approximate surface area is 180 Å². The van der Waals surface area contributed by atoms with Crippen molar-refractivity contribution in [2.45, 2.75) is 77.2 Å². The molecule has 0 aromatic rings. The smallest absolute Gasteiger partial charge is 0.350 e. The number of ether oxygens (including phenoxy) is 2. The second-order valence-electron chi connectivity index (χ2n) is 7.18. The van der Waals surface area contributed by atoms with E-state index >= 15 is 0 Å². The largest absolute Gasteiger partial charge is 0.507 e. The third-order valence-corrected chi connectivity index (χ3v) is 4.66. The molecule has 0 radical (unpaired) electrons. The van der Waals surface area contributed by atoms with Gasteiger partial charge in [-0.15, -0.1) is 0 Å². The lowest BCUT2D eigenvalue weighted by Crippen LogP contribution is -2.16. The molecule has 30 heavy (non-hydrogen) atoms. The maximum Gasteiger partial charge on any atom is 0.350 e. The molecular formula is C24H36O6. The minimum atomic E-state index is -1.17. The van der Waals surface area contributed by atoms with Crippen molar-refractivity contribution >= 4 is 11.9 Å². The molecule has 2 N–H and O–H groups in total. The second kappa shape index (κ2) is 16.5. The van der Waals surface area contributed by atoms with Crippen molar-refractivity contribution in [3.8, 4) is 0 Å². The van der Waals surface area contributed by atoms with Crippen LogP contribution < -0.4 is 0 Å². The molecule has 1 rings (SSSR count). The number of allylic oxidation sites excluding steroid dienone is 6. The van der Waals surface area contributed by atoms with Gasteiger partial charge in [-0.05, 0) is 38.5 Å². The molecule has 1 aliphatic heterocycles. The number of unbranched alkanes of at least 4 members (excludes halogenated alkanes) is 6. The fraction of sp³-hybridized carbons (Fsp3) is 0.583. The van der Waals surface area contributed by atoms with Gasteiger partial charge in [0.05, 0.1) is 13.2 Å². The van der Waals surface area contributed by atoms with E-state index in [9.17, 15) is 14.7 Å². The van der Waals surface area contributed by atoms with Crippen LogP contribution in [0.15, 0.2) is 47.8 Å². The Balaban J connectivity index is 1.97. The van der Waals surface area contributed by atoms with Gasteiger partial charge in [-0.2, -0.15) is 0 Å². The van der Waals surface area contributed by atoms with Gasteiger partial charge in [-0.3, -0.25) is 0 Å². The molecule has 0 bridgehead atoms. The molecule has 0 amide bonds. The van der Waals surface area contributed by atoms with Crippen LogP contribution in [0.1, 0.15) is 71.1 Å². The number of aliphatic hydroxyl groups is 2. The maximum atomic E-state index is 11.9. The van der Waals surface area contributed by atoms with Crippen molar-refractivity contribution in [2.75, 3.05) is 13.2 Å². The normalized spacial score (nSPS) is 17.0. The van der Waals surface area contributed by atoms with Crippen LogP contribution in [-0.2, 0) is 19.1 Å². The highest BCUT2D eigenvalue weighted by Crippen LogP contribution is 2.21. The predicted octanol–water partition coefficient (Wildman–Crippen LogP) is 4.85. The fourth-order valence-corrected chi connectivity index (χ4v) is 2.96. The molecule has 0 spiro atoms. The first-order valence-corrected chi connectivity index (χ1v) is 11.0. The molecular weight excluding hydrogens is 384 g/mol. The standard InChI is InChI=1S/C24H36O6/c1-2-3-4-5-6-7-8-9-10-11-12-13-14-15-16-17-18-29-23(27)21-22(26)20(19-25)30-24(21)28/h3-4,6-7,9-10,20,25-26H,2,5,8,11-19H2,1H3/b4-3-,7-6-,10-9-/t20-/m1/s1. The van der Waals surface area contributed by atoms with Crippen LogP contribution in [0.5, 0.6) is 0 Å². The summed E-state index contributed by atoms with van der Waals surface area (Å²) in [5, 5.41) is 18.6. The average Bonchev–Trinajstić information content (AvgIpc) is 3.03. The third kappa shape index (κ3) is 10.4. The lowest BCUT2D eigenvalue weighted by atomic mass is 10.1. The van der Waals surface area contributed by atoms with E-state index in [2.05, 4.69) is 48.1 Å². The lowest BCUT2D eigenvalue weighted by molar-refractivity contribution is -0.147. The quantitative estimate of drug-likeness (QED) is 0.160. The van der Waals surface area contributed by atoms with Crippen molar-refractivity contribution < 1.29 is 29.3 Å². The summed E-state index contributed by atoms with van der Waals surface area (Å²) in [7, 11) is 0. The summed E-state index contributed by atoms with van der Waals surface area (Å²) < 4.78 is 9.69. The number of rotatable bonds is 16. The molecule has 6 nitrogen and oxygen atoms in total. The van der Waals surface area contributed by atoms with Gasteiger partial charge < -0.3 is 19.7 Å². The van der Waals surface area contributed by atoms with Gasteiger partial charge in [0.2, 0.25) is 0 Å². The fourth-order valence-electron chi connectivity index (χ4n) is 2.96. The minimum absolute atomic E-state index is 0.192. The molecule has 1 aliphatic rings. The van der Waals surface area contributed by atoms with E-state index in [4.69, 9.17) is 9.84 Å². The van der Waals surface area contributed by atoms with E-state index in [1.54, 1.807) is 0 Å². The zero-order chi connectivity index (χ0) is 22.0. The summed E-state index contributed by atoms with van der Waals surface area (Å²) in [6, 6.07) is 0. The zero-order valence-electron chi connectivity index (χ0n) is 18.1. The van der Waals surface area contributed by atoms with E-state index in [1.165, 1.54) is 12.8 Å². The topological polar surface area (TPSA) is 93.1 Å². The average molecular weight is 421 g/mol. The first-order chi connectivity index (χ1) is 14.6. The molecule has 6 heteroatoms. The van der Waals surface area contributed by atoms with Crippen LogP contribution >= 0.6 is 0 Å². The van der Waals surface area contributed by atoms with E-state index in [-0.39, 0.29) is 6.61 Å². The minimum Gasteiger partial charge on any atom is -0.507 e. The summed E-state index contributed by atoms with van der Waals surface area (Å²) in [4.78, 5) is 23.4. The number of cyclic esters (lactones) is 1. The van der Waals surface area contributed by atoms with Crippen LogP contribution in [-0.4, -0.2) is 41.5 Å². The number of carbonyl (C=O) groups is 2. The van der Waals surface area contributed by atoms with Crippen LogP contribution in [0.25, 0.3) is 0 Å². The number of carbonyl (C=O) groups excluding carboxylic acids is 2. The molecule has 168 valence electrons. The van der Waals surface area contributed by atoms with Crippen molar-refractivity contribution in [2.24, 2.45) is 0 Å². The van der Waals surface area contributed by atoms with Crippen molar-refractivity contribution in [3.63, 3.8) is 0 Å². The Morgan fingerprint density at radius 1 is 0.967 bits per heavy atom. The van der Waals surface area contributed by atoms with Crippen molar-refractivity contribution in [1.82, 2.24) is 0 Å². The number of aliphatic hydroxyl groups excluding tert-OH is 2. The monoisotopic (exact) mass is 420 g/mol. The highest BCUT2D eigenvalue weighted by atomic mass is 16.6. The van der Waals surface area contributed by atoms with Gasteiger partial charge in [0.25, 0.3) is 0 Å². The second-order valence-corrected chi connectivity index (χ2v) is 7.18. The van der Waals surface area contributed by atoms with Gasteiger partial charge in [-0.1, -0.05) is 69.1 Å². The van der Waals surface area contributed by atoms with E-state index in [0.29, 0.717) is 6.42 Å². The Morgan fingerprint density at radius 2 is 1.57 bits per heavy atom. The van der Waals surface area contributed by atoms with Crippen molar-refractivity contribution in [1.29, 1.82) is 0 Å². The van der Waals surface area contributed by atoms with Crippen LogP contribution in [0, 0.1) is 0 Å². The molecule has 0 aliphatic carbocycles. The van der Waals surface area contributed by atoms with Crippen LogP contribution in [0.3, 0.4) is 0 Å². The summed E-state index contributed by atoms with van der Waals surface area (Å²) in [5.74, 6) is -2.40. The Kier molecular flexibility index (Phi) is 14.1. The molecule has 1 heterocycles. The highest BCUT2D eigenvalue weighted by molar-refractivity contribution is 6.16.